The summed E-state index contributed by atoms with van der Waals surface area (Å²) in [5, 5.41) is 7.58. The topological polar surface area (TPSA) is 173 Å². The largest absolute Gasteiger partial charge is 0.399 e. The monoisotopic (exact) mass is 529 g/mol. The second-order valence-electron chi connectivity index (χ2n) is 9.04. The Morgan fingerprint density at radius 1 is 0.718 bits per heavy atom. The van der Waals surface area contributed by atoms with E-state index >= 15 is 0 Å². The highest BCUT2D eigenvalue weighted by Gasteiger charge is 2.23. The van der Waals surface area contributed by atoms with Gasteiger partial charge in [-0.1, -0.05) is 66.7 Å². The highest BCUT2D eigenvalue weighted by atomic mass is 16.2. The molecular weight excluding hydrogens is 498 g/mol. The highest BCUT2D eigenvalue weighted by Crippen LogP contribution is 2.13. The molecule has 3 rings (SSSR count). The smallest absolute Gasteiger partial charge is 0.243 e. The van der Waals surface area contributed by atoms with Crippen LogP contribution in [0.5, 0.6) is 0 Å². The van der Waals surface area contributed by atoms with Crippen LogP contribution in [0.2, 0.25) is 0 Å². The van der Waals surface area contributed by atoms with Gasteiger partial charge in [0.1, 0.15) is 12.1 Å². The van der Waals surface area contributed by atoms with Gasteiger partial charge in [-0.05, 0) is 23.3 Å². The summed E-state index contributed by atoms with van der Waals surface area (Å²) < 4.78 is 0. The van der Waals surface area contributed by atoms with Crippen LogP contribution in [0.15, 0.2) is 78.9 Å². The number of hydrogen-bond acceptors (Lipinski definition) is 6. The first-order chi connectivity index (χ1) is 18.6. The number of carbonyl (C=O) groups is 5. The Bertz CT molecular complexity index is 1320. The second-order valence-corrected chi connectivity index (χ2v) is 9.04. The molecule has 10 heteroatoms. The standard InChI is InChI=1S/C29H31N5O5/c1-18(35)33-25(16-19-7-11-22(12-8-19)27(37)21-5-3-2-4-6-21)29(39)32-17-26(36)34-24(28(31)38)15-20-9-13-23(30)14-10-20/h2-14,24-25H,15-17,30H2,1H3,(H2,31,38)(H,32,39)(H,33,35)(H,34,36)/t24-,25-/m0/s1. The number of nitrogen functional groups attached to an aromatic ring is 1. The Morgan fingerprint density at radius 3 is 1.82 bits per heavy atom. The predicted molar refractivity (Wildman–Crippen MR) is 146 cm³/mol. The number of carbonyl (C=O) groups excluding carboxylic acids is 5. The molecule has 0 radical (unpaired) electrons. The van der Waals surface area contributed by atoms with Crippen LogP contribution in [0.3, 0.4) is 0 Å². The average Bonchev–Trinajstić information content (AvgIpc) is 2.92. The van der Waals surface area contributed by atoms with E-state index in [-0.39, 0.29) is 18.6 Å². The van der Waals surface area contributed by atoms with E-state index in [4.69, 9.17) is 11.5 Å². The number of amides is 4. The van der Waals surface area contributed by atoms with Gasteiger partial charge in [-0.3, -0.25) is 24.0 Å². The van der Waals surface area contributed by atoms with E-state index in [0.29, 0.717) is 22.4 Å². The van der Waals surface area contributed by atoms with Gasteiger partial charge in [0.15, 0.2) is 5.78 Å². The number of primary amides is 1. The van der Waals surface area contributed by atoms with Crippen molar-refractivity contribution in [3.05, 3.63) is 101 Å². The molecule has 0 aliphatic carbocycles. The van der Waals surface area contributed by atoms with Gasteiger partial charge in [-0.25, -0.2) is 0 Å². The molecule has 39 heavy (non-hydrogen) atoms. The van der Waals surface area contributed by atoms with Crippen LogP contribution in [0.25, 0.3) is 0 Å². The third kappa shape index (κ3) is 8.81. The van der Waals surface area contributed by atoms with Crippen LogP contribution >= 0.6 is 0 Å². The second kappa shape index (κ2) is 13.5. The van der Waals surface area contributed by atoms with Crippen molar-refractivity contribution in [2.75, 3.05) is 12.3 Å². The lowest BCUT2D eigenvalue weighted by atomic mass is 9.99. The predicted octanol–water partition coefficient (Wildman–Crippen LogP) is 0.876. The number of benzene rings is 3. The number of nitrogens with one attached hydrogen (secondary N) is 3. The van der Waals surface area contributed by atoms with Crippen molar-refractivity contribution < 1.29 is 24.0 Å². The summed E-state index contributed by atoms with van der Waals surface area (Å²) in [6.07, 6.45) is 0.292. The first-order valence-electron chi connectivity index (χ1n) is 12.3. The van der Waals surface area contributed by atoms with Gasteiger partial charge in [-0.15, -0.1) is 0 Å². The van der Waals surface area contributed by atoms with Crippen molar-refractivity contribution in [1.82, 2.24) is 16.0 Å². The Hall–Kier alpha value is -4.99. The van der Waals surface area contributed by atoms with Gasteiger partial charge in [0.05, 0.1) is 6.54 Å². The first-order valence-corrected chi connectivity index (χ1v) is 12.3. The molecule has 0 saturated heterocycles. The van der Waals surface area contributed by atoms with Gasteiger partial charge >= 0.3 is 0 Å². The Labute approximate surface area is 226 Å². The van der Waals surface area contributed by atoms with Crippen molar-refractivity contribution in [3.63, 3.8) is 0 Å². The minimum atomic E-state index is -0.985. The number of anilines is 1. The van der Waals surface area contributed by atoms with Crippen LogP contribution in [-0.4, -0.2) is 48.0 Å². The molecule has 0 unspecified atom stereocenters. The molecule has 10 nitrogen and oxygen atoms in total. The van der Waals surface area contributed by atoms with Gasteiger partial charge in [-0.2, -0.15) is 0 Å². The number of rotatable bonds is 12. The Kier molecular flexibility index (Phi) is 9.91. The average molecular weight is 530 g/mol. The molecule has 0 aliphatic heterocycles. The summed E-state index contributed by atoms with van der Waals surface area (Å²) in [6.45, 7) is 0.855. The zero-order valence-corrected chi connectivity index (χ0v) is 21.5. The van der Waals surface area contributed by atoms with Crippen LogP contribution in [0, 0.1) is 0 Å². The summed E-state index contributed by atoms with van der Waals surface area (Å²) in [7, 11) is 0. The number of nitrogens with two attached hydrogens (primary N) is 2. The van der Waals surface area contributed by atoms with Crippen molar-refractivity contribution in [2.24, 2.45) is 5.73 Å². The van der Waals surface area contributed by atoms with Gasteiger partial charge in [0.25, 0.3) is 0 Å². The molecular formula is C29H31N5O5. The molecule has 0 bridgehead atoms. The van der Waals surface area contributed by atoms with E-state index in [1.54, 1.807) is 72.8 Å². The van der Waals surface area contributed by atoms with Crippen LogP contribution in [0.4, 0.5) is 5.69 Å². The molecule has 4 amide bonds. The molecule has 3 aromatic rings. The molecule has 0 saturated carbocycles. The summed E-state index contributed by atoms with van der Waals surface area (Å²) in [5.74, 6) is -2.48. The molecule has 202 valence electrons. The van der Waals surface area contributed by atoms with Crippen molar-refractivity contribution in [3.8, 4) is 0 Å². The first kappa shape index (κ1) is 28.6. The Balaban J connectivity index is 1.58. The molecule has 0 heterocycles. The fourth-order valence-corrected chi connectivity index (χ4v) is 3.89. The molecule has 3 aromatic carbocycles. The summed E-state index contributed by atoms with van der Waals surface area (Å²) in [6, 6.07) is 20.4. The minimum Gasteiger partial charge on any atom is -0.399 e. The quantitative estimate of drug-likeness (QED) is 0.172. The fourth-order valence-electron chi connectivity index (χ4n) is 3.89. The molecule has 0 aliphatic rings. The van der Waals surface area contributed by atoms with Crippen molar-refractivity contribution in [1.29, 1.82) is 0 Å². The van der Waals surface area contributed by atoms with Gasteiger partial charge < -0.3 is 27.4 Å². The van der Waals surface area contributed by atoms with Crippen LogP contribution < -0.4 is 27.4 Å². The van der Waals surface area contributed by atoms with Crippen LogP contribution in [-0.2, 0) is 32.0 Å². The number of ketones is 1. The summed E-state index contributed by atoms with van der Waals surface area (Å²) in [4.78, 5) is 61.5. The molecule has 0 spiro atoms. The molecule has 2 atom stereocenters. The highest BCUT2D eigenvalue weighted by molar-refractivity contribution is 6.09. The van der Waals surface area contributed by atoms with E-state index < -0.39 is 42.3 Å². The maximum atomic E-state index is 12.8. The lowest BCUT2D eigenvalue weighted by Gasteiger charge is -2.19. The molecule has 0 fully saturated rings. The van der Waals surface area contributed by atoms with E-state index in [9.17, 15) is 24.0 Å². The van der Waals surface area contributed by atoms with Crippen LogP contribution in [0.1, 0.15) is 34.0 Å². The fraction of sp³-hybridized carbons (Fsp3) is 0.207. The lowest BCUT2D eigenvalue weighted by molar-refractivity contribution is -0.130. The summed E-state index contributed by atoms with van der Waals surface area (Å²) in [5.41, 5.74) is 14.2. The van der Waals surface area contributed by atoms with E-state index in [0.717, 1.165) is 5.56 Å². The number of hydrogen-bond donors (Lipinski definition) is 5. The molecule has 0 aromatic heterocycles. The van der Waals surface area contributed by atoms with E-state index in [2.05, 4.69) is 16.0 Å². The Morgan fingerprint density at radius 2 is 1.26 bits per heavy atom. The molecule has 7 N–H and O–H groups in total. The maximum Gasteiger partial charge on any atom is 0.243 e. The van der Waals surface area contributed by atoms with E-state index in [1.165, 1.54) is 6.92 Å². The van der Waals surface area contributed by atoms with Crippen molar-refractivity contribution >= 4 is 35.1 Å². The minimum absolute atomic E-state index is 0.130. The normalized spacial score (nSPS) is 12.0. The zero-order chi connectivity index (χ0) is 28.4. The third-order valence-electron chi connectivity index (χ3n) is 5.91. The van der Waals surface area contributed by atoms with Gasteiger partial charge in [0, 0.05) is 36.6 Å². The summed E-state index contributed by atoms with van der Waals surface area (Å²) >= 11 is 0. The zero-order valence-electron chi connectivity index (χ0n) is 21.5. The van der Waals surface area contributed by atoms with E-state index in [1.807, 2.05) is 6.07 Å². The third-order valence-corrected chi connectivity index (χ3v) is 5.91. The van der Waals surface area contributed by atoms with Crippen molar-refractivity contribution in [2.45, 2.75) is 31.8 Å². The SMILES string of the molecule is CC(=O)N[C@@H](Cc1ccc(C(=O)c2ccccc2)cc1)C(=O)NCC(=O)N[C@@H](Cc1ccc(N)cc1)C(N)=O. The lowest BCUT2D eigenvalue weighted by Crippen LogP contribution is -2.52. The maximum absolute atomic E-state index is 12.8. The van der Waals surface area contributed by atoms with Gasteiger partial charge in [0.2, 0.25) is 23.6 Å².